The molecule has 5 nitrogen and oxygen atoms in total. The molecule has 5 heteroatoms. The van der Waals surface area contributed by atoms with Crippen LogP contribution < -0.4 is 20.7 Å². The van der Waals surface area contributed by atoms with Crippen molar-refractivity contribution in [2.45, 2.75) is 26.7 Å². The van der Waals surface area contributed by atoms with Crippen LogP contribution in [0.3, 0.4) is 0 Å². The van der Waals surface area contributed by atoms with Crippen molar-refractivity contribution in [1.29, 1.82) is 0 Å². The van der Waals surface area contributed by atoms with Crippen molar-refractivity contribution < 1.29 is 9.59 Å². The van der Waals surface area contributed by atoms with Crippen molar-refractivity contribution in [3.63, 3.8) is 0 Å². The fourth-order valence-corrected chi connectivity index (χ4v) is 2.77. The van der Waals surface area contributed by atoms with Crippen molar-refractivity contribution in [2.24, 2.45) is 5.41 Å². The van der Waals surface area contributed by atoms with Gasteiger partial charge in [0.2, 0.25) is 5.91 Å². The highest BCUT2D eigenvalue weighted by atomic mass is 16.2. The molecule has 1 fully saturated rings. The SMILES string of the molecule is CCC1(C)C=CC=c2c(N3CCC(=O)NC3=O)cncc2=C1. The second-order valence-corrected chi connectivity index (χ2v) is 5.95. The van der Waals surface area contributed by atoms with Gasteiger partial charge in [-0.1, -0.05) is 38.2 Å². The Morgan fingerprint density at radius 2 is 2.18 bits per heavy atom. The molecule has 0 aromatic carbocycles. The van der Waals surface area contributed by atoms with Gasteiger partial charge in [0.05, 0.1) is 11.9 Å². The third kappa shape index (κ3) is 2.54. The van der Waals surface area contributed by atoms with Crippen molar-refractivity contribution >= 4 is 29.8 Å². The molecule has 3 rings (SSSR count). The molecule has 1 atom stereocenters. The first-order chi connectivity index (χ1) is 10.5. The molecule has 1 N–H and O–H groups in total. The number of aromatic nitrogens is 1. The van der Waals surface area contributed by atoms with Crippen LogP contribution in [0.1, 0.15) is 26.7 Å². The van der Waals surface area contributed by atoms with Gasteiger partial charge >= 0.3 is 6.03 Å². The second-order valence-electron chi connectivity index (χ2n) is 5.95. The topological polar surface area (TPSA) is 62.3 Å². The average Bonchev–Trinajstić information content (AvgIpc) is 2.66. The lowest BCUT2D eigenvalue weighted by atomic mass is 9.87. The molecule has 114 valence electrons. The van der Waals surface area contributed by atoms with E-state index in [-0.39, 0.29) is 17.4 Å². The number of allylic oxidation sites excluding steroid dienone is 2. The van der Waals surface area contributed by atoms with Crippen LogP contribution in [-0.4, -0.2) is 23.5 Å². The number of amides is 3. The molecule has 1 aromatic rings. The molecule has 0 spiro atoms. The van der Waals surface area contributed by atoms with Crippen LogP contribution in [0.5, 0.6) is 0 Å². The lowest BCUT2D eigenvalue weighted by Gasteiger charge is -2.26. The van der Waals surface area contributed by atoms with Crippen LogP contribution in [0.2, 0.25) is 0 Å². The van der Waals surface area contributed by atoms with Gasteiger partial charge < -0.3 is 0 Å². The monoisotopic (exact) mass is 297 g/mol. The van der Waals surface area contributed by atoms with Crippen LogP contribution in [0.25, 0.3) is 12.2 Å². The van der Waals surface area contributed by atoms with E-state index in [0.717, 1.165) is 22.5 Å². The van der Waals surface area contributed by atoms with E-state index in [0.29, 0.717) is 13.0 Å². The van der Waals surface area contributed by atoms with E-state index >= 15 is 0 Å². The Morgan fingerprint density at radius 1 is 1.36 bits per heavy atom. The maximum atomic E-state index is 12.1. The molecular weight excluding hydrogens is 278 g/mol. The summed E-state index contributed by atoms with van der Waals surface area (Å²) in [5, 5.41) is 4.33. The summed E-state index contributed by atoms with van der Waals surface area (Å²) in [7, 11) is 0. The molecule has 3 amide bonds. The number of hydrogen-bond acceptors (Lipinski definition) is 3. The molecule has 1 aromatic heterocycles. The standard InChI is InChI=1S/C17H19N3O2/c1-3-17(2)7-4-5-13-12(9-17)10-18-11-14(13)20-8-6-15(21)19-16(20)22/h4-5,7,9-11H,3,6,8H2,1-2H3,(H,19,21,22). The number of urea groups is 1. The van der Waals surface area contributed by atoms with Crippen LogP contribution in [-0.2, 0) is 4.79 Å². The van der Waals surface area contributed by atoms with Crippen molar-refractivity contribution in [1.82, 2.24) is 10.3 Å². The maximum absolute atomic E-state index is 12.1. The molecule has 1 saturated heterocycles. The highest BCUT2D eigenvalue weighted by molar-refractivity contribution is 6.05. The second kappa shape index (κ2) is 5.40. The zero-order valence-corrected chi connectivity index (χ0v) is 12.8. The van der Waals surface area contributed by atoms with Crippen molar-refractivity contribution in [2.75, 3.05) is 11.4 Å². The molecule has 2 heterocycles. The molecule has 0 saturated carbocycles. The molecule has 22 heavy (non-hydrogen) atoms. The number of nitrogens with zero attached hydrogens (tertiary/aromatic N) is 2. The van der Waals surface area contributed by atoms with Gasteiger partial charge in [0, 0.05) is 29.8 Å². The van der Waals surface area contributed by atoms with E-state index in [9.17, 15) is 9.59 Å². The van der Waals surface area contributed by atoms with Crippen LogP contribution >= 0.6 is 0 Å². The Balaban J connectivity index is 2.14. The minimum absolute atomic E-state index is 0.0256. The van der Waals surface area contributed by atoms with Gasteiger partial charge in [-0.2, -0.15) is 0 Å². The molecule has 1 aliphatic heterocycles. The molecular formula is C17H19N3O2. The predicted octanol–water partition coefficient (Wildman–Crippen LogP) is 1.07. The molecule has 0 radical (unpaired) electrons. The zero-order valence-electron chi connectivity index (χ0n) is 12.8. The Kier molecular flexibility index (Phi) is 3.56. The van der Waals surface area contributed by atoms with E-state index in [4.69, 9.17) is 0 Å². The number of fused-ring (bicyclic) bond motifs is 1. The van der Waals surface area contributed by atoms with Gasteiger partial charge in [-0.3, -0.25) is 20.0 Å². The smallest absolute Gasteiger partial charge is 0.291 e. The Labute approximate surface area is 129 Å². The predicted molar refractivity (Wildman–Crippen MR) is 85.5 cm³/mol. The number of carbonyl (C=O) groups is 2. The lowest BCUT2D eigenvalue weighted by Crippen LogP contribution is -2.52. The van der Waals surface area contributed by atoms with Crippen LogP contribution in [0.15, 0.2) is 24.5 Å². The average molecular weight is 297 g/mol. The van der Waals surface area contributed by atoms with Gasteiger partial charge in [0.1, 0.15) is 0 Å². The van der Waals surface area contributed by atoms with E-state index in [1.54, 1.807) is 11.1 Å². The summed E-state index contributed by atoms with van der Waals surface area (Å²) in [6, 6.07) is -0.383. The third-order valence-corrected chi connectivity index (χ3v) is 4.33. The summed E-state index contributed by atoms with van der Waals surface area (Å²) in [6.45, 7) is 4.70. The summed E-state index contributed by atoms with van der Waals surface area (Å²) in [5.74, 6) is -0.231. The fourth-order valence-electron chi connectivity index (χ4n) is 2.77. The number of hydrogen-bond donors (Lipinski definition) is 1. The van der Waals surface area contributed by atoms with Gasteiger partial charge in [-0.25, -0.2) is 4.79 Å². The summed E-state index contributed by atoms with van der Waals surface area (Å²) in [5.41, 5.74) is 0.714. The molecule has 1 unspecified atom stereocenters. The molecule has 2 aliphatic rings. The number of pyridine rings is 1. The Morgan fingerprint density at radius 3 is 2.91 bits per heavy atom. The Hall–Kier alpha value is -2.43. The lowest BCUT2D eigenvalue weighted by molar-refractivity contribution is -0.120. The summed E-state index contributed by atoms with van der Waals surface area (Å²) in [4.78, 5) is 29.3. The number of rotatable bonds is 2. The van der Waals surface area contributed by atoms with E-state index < -0.39 is 0 Å². The van der Waals surface area contributed by atoms with Gasteiger partial charge in [-0.05, 0) is 11.6 Å². The first-order valence-corrected chi connectivity index (χ1v) is 7.50. The first kappa shape index (κ1) is 14.5. The van der Waals surface area contributed by atoms with Crippen molar-refractivity contribution in [3.05, 3.63) is 35.0 Å². The van der Waals surface area contributed by atoms with E-state index in [1.165, 1.54) is 0 Å². The number of carbonyl (C=O) groups excluding carboxylic acids is 2. The minimum Gasteiger partial charge on any atom is -0.291 e. The highest BCUT2D eigenvalue weighted by Crippen LogP contribution is 2.25. The first-order valence-electron chi connectivity index (χ1n) is 7.50. The molecule has 1 aliphatic carbocycles. The zero-order chi connectivity index (χ0) is 15.7. The quantitative estimate of drug-likeness (QED) is 0.888. The number of imide groups is 1. The number of nitrogens with one attached hydrogen (secondary N) is 1. The van der Waals surface area contributed by atoms with E-state index in [2.05, 4.69) is 36.3 Å². The van der Waals surface area contributed by atoms with Gasteiger partial charge in [-0.15, -0.1) is 0 Å². The van der Waals surface area contributed by atoms with Gasteiger partial charge in [0.25, 0.3) is 0 Å². The molecule has 0 bridgehead atoms. The summed E-state index contributed by atoms with van der Waals surface area (Å²) < 4.78 is 0. The van der Waals surface area contributed by atoms with Crippen LogP contribution in [0.4, 0.5) is 10.5 Å². The highest BCUT2D eigenvalue weighted by Gasteiger charge is 2.25. The van der Waals surface area contributed by atoms with Gasteiger partial charge in [0.15, 0.2) is 0 Å². The van der Waals surface area contributed by atoms with Crippen LogP contribution in [0, 0.1) is 5.41 Å². The maximum Gasteiger partial charge on any atom is 0.328 e. The fraction of sp³-hybridized carbons (Fsp3) is 0.353. The van der Waals surface area contributed by atoms with Crippen molar-refractivity contribution in [3.8, 4) is 0 Å². The Bertz CT molecular complexity index is 782. The third-order valence-electron chi connectivity index (χ3n) is 4.33. The largest absolute Gasteiger partial charge is 0.328 e. The minimum atomic E-state index is -0.383. The van der Waals surface area contributed by atoms with E-state index in [1.807, 2.05) is 18.3 Å². The normalized spacial score (nSPS) is 24.0. The summed E-state index contributed by atoms with van der Waals surface area (Å²) >= 11 is 0. The summed E-state index contributed by atoms with van der Waals surface area (Å²) in [6.07, 6.45) is 13.2. The number of anilines is 1.